The Morgan fingerprint density at radius 3 is 3.11 bits per heavy atom. The van der Waals surface area contributed by atoms with Crippen molar-refractivity contribution in [3.63, 3.8) is 0 Å². The van der Waals surface area contributed by atoms with Crippen LogP contribution < -0.4 is 0 Å². The number of allylic oxidation sites excluding steroid dienone is 2. The van der Waals surface area contributed by atoms with Crippen LogP contribution in [0.25, 0.3) is 6.08 Å². The summed E-state index contributed by atoms with van der Waals surface area (Å²) >= 11 is 1.59. The van der Waals surface area contributed by atoms with Crippen molar-refractivity contribution in [2.45, 2.75) is 0 Å². The van der Waals surface area contributed by atoms with Crippen LogP contribution >= 0.6 is 11.3 Å². The van der Waals surface area contributed by atoms with Gasteiger partial charge in [0.2, 0.25) is 0 Å². The van der Waals surface area contributed by atoms with Gasteiger partial charge in [-0.1, -0.05) is 18.7 Å². The second kappa shape index (κ2) is 3.20. The molecule has 1 aromatic heterocycles. The second-order valence-corrected chi connectivity index (χ2v) is 2.35. The van der Waals surface area contributed by atoms with Crippen molar-refractivity contribution in [2.75, 3.05) is 0 Å². The molecule has 2 heteroatoms. The highest BCUT2D eigenvalue weighted by molar-refractivity contribution is 7.10. The van der Waals surface area contributed by atoms with E-state index in [4.69, 9.17) is 6.58 Å². The number of aromatic nitrogens is 1. The van der Waals surface area contributed by atoms with Crippen molar-refractivity contribution < 1.29 is 0 Å². The van der Waals surface area contributed by atoms with Gasteiger partial charge in [-0.15, -0.1) is 11.3 Å². The van der Waals surface area contributed by atoms with Gasteiger partial charge in [-0.05, 0) is 6.08 Å². The lowest BCUT2D eigenvalue weighted by Gasteiger charge is -1.74. The van der Waals surface area contributed by atoms with E-state index < -0.39 is 0 Å². The molecule has 0 amide bonds. The van der Waals surface area contributed by atoms with Crippen molar-refractivity contribution in [1.82, 2.24) is 4.98 Å². The molecule has 0 atom stereocenters. The van der Waals surface area contributed by atoms with Crippen LogP contribution in [0.5, 0.6) is 0 Å². The SMILES string of the molecule is [CH]=CC=Cc1nccs1. The Hall–Kier alpha value is -0.890. The normalized spacial score (nSPS) is 10.2. The minimum absolute atomic E-state index is 0.983. The molecular formula is C7H6NS. The van der Waals surface area contributed by atoms with E-state index in [2.05, 4.69) is 4.98 Å². The molecule has 0 N–H and O–H groups in total. The molecule has 45 valence electrons. The van der Waals surface area contributed by atoms with Gasteiger partial charge in [0.05, 0.1) is 0 Å². The molecule has 1 heterocycles. The lowest BCUT2D eigenvalue weighted by molar-refractivity contribution is 1.39. The van der Waals surface area contributed by atoms with Gasteiger partial charge in [0, 0.05) is 11.6 Å². The smallest absolute Gasteiger partial charge is 0.115 e. The molecule has 0 saturated carbocycles. The van der Waals surface area contributed by atoms with E-state index in [1.54, 1.807) is 23.6 Å². The molecule has 0 bridgehead atoms. The van der Waals surface area contributed by atoms with E-state index >= 15 is 0 Å². The third-order valence-corrected chi connectivity index (χ3v) is 1.54. The Labute approximate surface area is 58.4 Å². The fourth-order valence-electron chi connectivity index (χ4n) is 0.455. The molecule has 0 unspecified atom stereocenters. The predicted octanol–water partition coefficient (Wildman–Crippen LogP) is 2.15. The molecule has 1 rings (SSSR count). The third kappa shape index (κ3) is 1.82. The lowest BCUT2D eigenvalue weighted by atomic mass is 10.5. The van der Waals surface area contributed by atoms with Gasteiger partial charge in [-0.3, -0.25) is 0 Å². The summed E-state index contributed by atoms with van der Waals surface area (Å²) in [6, 6.07) is 0. The molecule has 0 spiro atoms. The maximum atomic E-state index is 5.11. The Balaban J connectivity index is 2.67. The van der Waals surface area contributed by atoms with Gasteiger partial charge >= 0.3 is 0 Å². The summed E-state index contributed by atoms with van der Waals surface area (Å²) in [6.45, 7) is 5.11. The summed E-state index contributed by atoms with van der Waals surface area (Å²) in [7, 11) is 0. The number of hydrogen-bond acceptors (Lipinski definition) is 2. The Bertz CT molecular complexity index is 199. The standard InChI is InChI=1S/C7H6NS/c1-2-3-4-7-8-5-6-9-7/h1-6H. The van der Waals surface area contributed by atoms with Crippen LogP contribution in [0, 0.1) is 6.58 Å². The summed E-state index contributed by atoms with van der Waals surface area (Å²) in [5.74, 6) is 0. The highest BCUT2D eigenvalue weighted by Crippen LogP contribution is 2.04. The first kappa shape index (κ1) is 6.23. The number of nitrogens with zero attached hydrogens (tertiary/aromatic N) is 1. The summed E-state index contributed by atoms with van der Waals surface area (Å²) in [4.78, 5) is 4.01. The average molecular weight is 136 g/mol. The molecule has 0 fully saturated rings. The van der Waals surface area contributed by atoms with E-state index in [0.29, 0.717) is 0 Å². The zero-order chi connectivity index (χ0) is 6.53. The summed E-state index contributed by atoms with van der Waals surface area (Å²) < 4.78 is 0. The molecular weight excluding hydrogens is 130 g/mol. The van der Waals surface area contributed by atoms with Crippen molar-refractivity contribution in [3.05, 3.63) is 35.3 Å². The van der Waals surface area contributed by atoms with Crippen molar-refractivity contribution in [2.24, 2.45) is 0 Å². The van der Waals surface area contributed by atoms with Gasteiger partial charge in [0.25, 0.3) is 0 Å². The molecule has 9 heavy (non-hydrogen) atoms. The Morgan fingerprint density at radius 2 is 2.56 bits per heavy atom. The first-order valence-electron chi connectivity index (χ1n) is 2.54. The van der Waals surface area contributed by atoms with Crippen LogP contribution in [0.2, 0.25) is 0 Å². The maximum Gasteiger partial charge on any atom is 0.115 e. The van der Waals surface area contributed by atoms with Gasteiger partial charge in [-0.25, -0.2) is 4.98 Å². The first-order chi connectivity index (χ1) is 4.43. The average Bonchev–Trinajstić information content (AvgIpc) is 2.34. The minimum Gasteiger partial charge on any atom is -0.245 e. The second-order valence-electron chi connectivity index (χ2n) is 1.42. The van der Waals surface area contributed by atoms with Crippen LogP contribution in [0.3, 0.4) is 0 Å². The van der Waals surface area contributed by atoms with Gasteiger partial charge in [0.1, 0.15) is 5.01 Å². The number of rotatable bonds is 2. The minimum atomic E-state index is 0.983. The van der Waals surface area contributed by atoms with E-state index in [-0.39, 0.29) is 0 Å². The van der Waals surface area contributed by atoms with Crippen molar-refractivity contribution in [3.8, 4) is 0 Å². The van der Waals surface area contributed by atoms with Crippen LogP contribution in [0.4, 0.5) is 0 Å². The van der Waals surface area contributed by atoms with Crippen LogP contribution in [0.15, 0.2) is 23.7 Å². The maximum absolute atomic E-state index is 5.11. The highest BCUT2D eigenvalue weighted by Gasteiger charge is 1.82. The molecule has 0 saturated heterocycles. The lowest BCUT2D eigenvalue weighted by Crippen LogP contribution is -1.61. The predicted molar refractivity (Wildman–Crippen MR) is 40.0 cm³/mol. The Morgan fingerprint density at radius 1 is 1.67 bits per heavy atom. The van der Waals surface area contributed by atoms with Crippen LogP contribution in [-0.4, -0.2) is 4.98 Å². The number of hydrogen-bond donors (Lipinski definition) is 0. The molecule has 0 aliphatic rings. The molecule has 0 aliphatic carbocycles. The largest absolute Gasteiger partial charge is 0.245 e. The van der Waals surface area contributed by atoms with Gasteiger partial charge in [-0.2, -0.15) is 0 Å². The zero-order valence-electron chi connectivity index (χ0n) is 4.82. The van der Waals surface area contributed by atoms with Gasteiger partial charge in [0.15, 0.2) is 0 Å². The van der Waals surface area contributed by atoms with E-state index in [1.807, 2.05) is 11.5 Å². The fourth-order valence-corrected chi connectivity index (χ4v) is 0.995. The monoisotopic (exact) mass is 136 g/mol. The third-order valence-electron chi connectivity index (χ3n) is 0.801. The first-order valence-corrected chi connectivity index (χ1v) is 3.42. The summed E-state index contributed by atoms with van der Waals surface area (Å²) in [6.07, 6.45) is 6.88. The number of thiazole rings is 1. The van der Waals surface area contributed by atoms with E-state index in [0.717, 1.165) is 5.01 Å². The zero-order valence-corrected chi connectivity index (χ0v) is 5.64. The van der Waals surface area contributed by atoms with Gasteiger partial charge < -0.3 is 0 Å². The van der Waals surface area contributed by atoms with E-state index in [1.165, 1.54) is 6.08 Å². The molecule has 1 aromatic rings. The van der Waals surface area contributed by atoms with Crippen LogP contribution in [-0.2, 0) is 0 Å². The quantitative estimate of drug-likeness (QED) is 0.568. The van der Waals surface area contributed by atoms with Crippen LogP contribution in [0.1, 0.15) is 5.01 Å². The molecule has 0 aromatic carbocycles. The molecule has 1 nitrogen and oxygen atoms in total. The van der Waals surface area contributed by atoms with E-state index in [9.17, 15) is 0 Å². The van der Waals surface area contributed by atoms with Crippen molar-refractivity contribution >= 4 is 17.4 Å². The fraction of sp³-hybridized carbons (Fsp3) is 0. The Kier molecular flexibility index (Phi) is 2.22. The van der Waals surface area contributed by atoms with Crippen molar-refractivity contribution in [1.29, 1.82) is 0 Å². The molecule has 1 radical (unpaired) electrons. The summed E-state index contributed by atoms with van der Waals surface area (Å²) in [5.41, 5.74) is 0. The topological polar surface area (TPSA) is 12.9 Å². The molecule has 0 aliphatic heterocycles. The highest BCUT2D eigenvalue weighted by atomic mass is 32.1. The summed E-state index contributed by atoms with van der Waals surface area (Å²) in [5, 5.41) is 2.91.